The number of pyridine rings is 1. The number of nitro groups is 1. The van der Waals surface area contributed by atoms with E-state index in [1.54, 1.807) is 26.1 Å². The summed E-state index contributed by atoms with van der Waals surface area (Å²) in [4.78, 5) is 27.8. The van der Waals surface area contributed by atoms with Gasteiger partial charge in [-0.1, -0.05) is 6.07 Å². The first-order chi connectivity index (χ1) is 17.0. The van der Waals surface area contributed by atoms with Crippen molar-refractivity contribution in [1.82, 2.24) is 19.2 Å². The Kier molecular flexibility index (Phi) is 7.05. The second-order valence-electron chi connectivity index (χ2n) is 8.70. The zero-order valence-corrected chi connectivity index (χ0v) is 20.5. The van der Waals surface area contributed by atoms with Crippen molar-refractivity contribution in [2.75, 3.05) is 13.1 Å². The fraction of sp³-hybridized carbons (Fsp3) is 0.391. The Hall–Kier alpha value is -3.45. The number of halogens is 2. The van der Waals surface area contributed by atoms with Crippen molar-refractivity contribution in [2.45, 2.75) is 37.6 Å². The van der Waals surface area contributed by atoms with Crippen molar-refractivity contribution >= 4 is 32.5 Å². The van der Waals surface area contributed by atoms with Crippen LogP contribution in [0.5, 0.6) is 0 Å². The van der Waals surface area contributed by atoms with Gasteiger partial charge in [0.25, 0.3) is 11.6 Å². The number of amides is 1. The standard InChI is InChI=1S/C23H25F2N5O5S/c1-14-20(36(34,35)29-10-7-15(8-11-29)22(24)25)12-19(28(14)2)23(31)27-13-16-5-6-18(30(32)33)21-17(16)4-3-9-26-21/h3-6,9,12,15,22H,7-8,10-11,13H2,1-2H3,(H,27,31). The van der Waals surface area contributed by atoms with Gasteiger partial charge in [-0.3, -0.25) is 14.9 Å². The van der Waals surface area contributed by atoms with Crippen LogP contribution in [0.4, 0.5) is 14.5 Å². The fourth-order valence-electron chi connectivity index (χ4n) is 4.44. The highest BCUT2D eigenvalue weighted by molar-refractivity contribution is 7.89. The second kappa shape index (κ2) is 9.90. The first-order valence-corrected chi connectivity index (χ1v) is 12.7. The van der Waals surface area contributed by atoms with Crippen LogP contribution >= 0.6 is 0 Å². The molecule has 4 rings (SSSR count). The molecule has 0 unspecified atom stereocenters. The van der Waals surface area contributed by atoms with Crippen molar-refractivity contribution in [1.29, 1.82) is 0 Å². The van der Waals surface area contributed by atoms with Gasteiger partial charge in [-0.25, -0.2) is 22.2 Å². The van der Waals surface area contributed by atoms with Gasteiger partial charge >= 0.3 is 0 Å². The minimum atomic E-state index is -3.97. The first kappa shape index (κ1) is 25.6. The van der Waals surface area contributed by atoms with Crippen molar-refractivity contribution in [2.24, 2.45) is 13.0 Å². The summed E-state index contributed by atoms with van der Waals surface area (Å²) in [6, 6.07) is 7.46. The predicted octanol–water partition coefficient (Wildman–Crippen LogP) is 3.39. The largest absolute Gasteiger partial charge is 0.347 e. The van der Waals surface area contributed by atoms with Crippen LogP contribution in [-0.2, 0) is 23.6 Å². The Labute approximate surface area is 206 Å². The van der Waals surface area contributed by atoms with Gasteiger partial charge in [0.1, 0.15) is 16.1 Å². The van der Waals surface area contributed by atoms with Crippen molar-refractivity contribution in [3.05, 3.63) is 63.6 Å². The van der Waals surface area contributed by atoms with E-state index in [0.29, 0.717) is 16.6 Å². The molecular weight excluding hydrogens is 496 g/mol. The van der Waals surface area contributed by atoms with E-state index in [0.717, 1.165) is 0 Å². The average Bonchev–Trinajstić information content (AvgIpc) is 3.17. The van der Waals surface area contributed by atoms with Crippen LogP contribution in [0.2, 0.25) is 0 Å². The predicted molar refractivity (Wildman–Crippen MR) is 127 cm³/mol. The van der Waals surface area contributed by atoms with E-state index in [-0.39, 0.29) is 54.3 Å². The normalized spacial score (nSPS) is 15.5. The number of aromatic nitrogens is 2. The van der Waals surface area contributed by atoms with Gasteiger partial charge in [-0.15, -0.1) is 0 Å². The van der Waals surface area contributed by atoms with Crippen molar-refractivity contribution < 1.29 is 26.9 Å². The SMILES string of the molecule is Cc1c(S(=O)(=O)N2CCC(C(F)F)CC2)cc(C(=O)NCc2ccc([N+](=O)[O-])c3ncccc23)n1C. The van der Waals surface area contributed by atoms with Gasteiger partial charge in [0.15, 0.2) is 0 Å². The first-order valence-electron chi connectivity index (χ1n) is 11.3. The molecule has 1 aliphatic heterocycles. The van der Waals surface area contributed by atoms with Gasteiger partial charge in [0, 0.05) is 55.9 Å². The van der Waals surface area contributed by atoms with E-state index < -0.39 is 33.2 Å². The third kappa shape index (κ3) is 4.67. The molecule has 13 heteroatoms. The number of carbonyl (C=O) groups is 1. The highest BCUT2D eigenvalue weighted by Gasteiger charge is 2.35. The van der Waals surface area contributed by atoms with Crippen LogP contribution in [0, 0.1) is 23.0 Å². The molecule has 1 fully saturated rings. The number of alkyl halides is 2. The fourth-order valence-corrected chi connectivity index (χ4v) is 6.18. The van der Waals surface area contributed by atoms with Crippen LogP contribution < -0.4 is 5.32 Å². The molecule has 0 radical (unpaired) electrons. The lowest BCUT2D eigenvalue weighted by Crippen LogP contribution is -2.40. The van der Waals surface area contributed by atoms with Gasteiger partial charge in [0.05, 0.1) is 4.92 Å². The molecule has 1 N–H and O–H groups in total. The van der Waals surface area contributed by atoms with E-state index in [9.17, 15) is 32.1 Å². The molecule has 0 spiro atoms. The average molecular weight is 522 g/mol. The number of hydrogen-bond acceptors (Lipinski definition) is 6. The molecule has 1 amide bonds. The topological polar surface area (TPSA) is 127 Å². The number of sulfonamides is 1. The molecule has 0 aliphatic carbocycles. The Morgan fingerprint density at radius 2 is 1.97 bits per heavy atom. The van der Waals surface area contributed by atoms with E-state index in [1.807, 2.05) is 0 Å². The van der Waals surface area contributed by atoms with Gasteiger partial charge < -0.3 is 9.88 Å². The molecule has 3 heterocycles. The van der Waals surface area contributed by atoms with Gasteiger partial charge in [0.2, 0.25) is 16.4 Å². The molecular formula is C23H25F2N5O5S. The van der Waals surface area contributed by atoms with Crippen LogP contribution in [0.15, 0.2) is 41.4 Å². The van der Waals surface area contributed by atoms with E-state index in [4.69, 9.17) is 0 Å². The minimum Gasteiger partial charge on any atom is -0.347 e. The summed E-state index contributed by atoms with van der Waals surface area (Å²) in [6.07, 6.45) is -0.877. The number of rotatable bonds is 7. The number of non-ortho nitro benzene ring substituents is 1. The number of piperidine rings is 1. The third-order valence-electron chi connectivity index (χ3n) is 6.67. The Morgan fingerprint density at radius 1 is 1.28 bits per heavy atom. The van der Waals surface area contributed by atoms with E-state index in [1.165, 1.54) is 33.3 Å². The van der Waals surface area contributed by atoms with Gasteiger partial charge in [-0.05, 0) is 43.5 Å². The summed E-state index contributed by atoms with van der Waals surface area (Å²) in [5.41, 5.74) is 1.12. The maximum Gasteiger partial charge on any atom is 0.295 e. The molecule has 2 aromatic heterocycles. The minimum absolute atomic E-state index is 0.00550. The summed E-state index contributed by atoms with van der Waals surface area (Å²) in [5.74, 6) is -1.35. The summed E-state index contributed by atoms with van der Waals surface area (Å²) in [7, 11) is -2.40. The zero-order valence-electron chi connectivity index (χ0n) is 19.6. The summed E-state index contributed by atoms with van der Waals surface area (Å²) >= 11 is 0. The molecule has 0 bridgehead atoms. The van der Waals surface area contributed by atoms with Crippen LogP contribution in [0.25, 0.3) is 10.9 Å². The highest BCUT2D eigenvalue weighted by atomic mass is 32.2. The lowest BCUT2D eigenvalue weighted by Gasteiger charge is -2.30. The van der Waals surface area contributed by atoms with Crippen molar-refractivity contribution in [3.63, 3.8) is 0 Å². The molecule has 192 valence electrons. The maximum atomic E-state index is 13.2. The van der Waals surface area contributed by atoms with Crippen molar-refractivity contribution in [3.8, 4) is 0 Å². The number of benzene rings is 1. The molecule has 1 aliphatic rings. The Balaban J connectivity index is 1.54. The smallest absolute Gasteiger partial charge is 0.295 e. The summed E-state index contributed by atoms with van der Waals surface area (Å²) in [6.45, 7) is 1.60. The van der Waals surface area contributed by atoms with Gasteiger partial charge in [-0.2, -0.15) is 4.31 Å². The summed E-state index contributed by atoms with van der Waals surface area (Å²) < 4.78 is 55.0. The lowest BCUT2D eigenvalue weighted by atomic mass is 9.99. The number of nitro benzene ring substituents is 1. The Morgan fingerprint density at radius 3 is 2.61 bits per heavy atom. The quantitative estimate of drug-likeness (QED) is 0.375. The molecule has 0 saturated carbocycles. The van der Waals surface area contributed by atoms with E-state index >= 15 is 0 Å². The van der Waals surface area contributed by atoms with Crippen LogP contribution in [0.3, 0.4) is 0 Å². The number of carbonyl (C=O) groups excluding carboxylic acids is 1. The molecule has 1 aromatic carbocycles. The lowest BCUT2D eigenvalue weighted by molar-refractivity contribution is -0.383. The zero-order chi connectivity index (χ0) is 26.2. The molecule has 36 heavy (non-hydrogen) atoms. The molecule has 1 saturated heterocycles. The molecule has 3 aromatic rings. The molecule has 10 nitrogen and oxygen atoms in total. The summed E-state index contributed by atoms with van der Waals surface area (Å²) in [5, 5.41) is 14.6. The van der Waals surface area contributed by atoms with E-state index in [2.05, 4.69) is 10.3 Å². The number of nitrogens with zero attached hydrogens (tertiary/aromatic N) is 4. The number of hydrogen-bond donors (Lipinski definition) is 1. The van der Waals surface area contributed by atoms with Crippen LogP contribution in [0.1, 0.15) is 34.6 Å². The number of fused-ring (bicyclic) bond motifs is 1. The number of nitrogens with one attached hydrogen (secondary N) is 1. The second-order valence-corrected chi connectivity index (χ2v) is 10.6. The van der Waals surface area contributed by atoms with Crippen LogP contribution in [-0.4, -0.2) is 52.6 Å². The monoisotopic (exact) mass is 521 g/mol. The molecule has 0 atom stereocenters. The Bertz CT molecular complexity index is 1430. The maximum absolute atomic E-state index is 13.2. The third-order valence-corrected chi connectivity index (χ3v) is 8.68. The highest BCUT2D eigenvalue weighted by Crippen LogP contribution is 2.30.